The van der Waals surface area contributed by atoms with E-state index < -0.39 is 10.0 Å². The second-order valence-corrected chi connectivity index (χ2v) is 7.63. The number of halogens is 1. The van der Waals surface area contributed by atoms with Crippen molar-refractivity contribution < 1.29 is 22.6 Å². The van der Waals surface area contributed by atoms with Crippen LogP contribution in [0.3, 0.4) is 0 Å². The highest BCUT2D eigenvalue weighted by atomic mass is 35.5. The third-order valence-electron chi connectivity index (χ3n) is 3.72. The highest BCUT2D eigenvalue weighted by Crippen LogP contribution is 2.31. The highest BCUT2D eigenvalue weighted by Gasteiger charge is 2.19. The molecule has 0 radical (unpaired) electrons. The number of benzene rings is 2. The zero-order chi connectivity index (χ0) is 20.1. The predicted molar refractivity (Wildman–Crippen MR) is 106 cm³/mol. The summed E-state index contributed by atoms with van der Waals surface area (Å²) >= 11 is 6.04. The average molecular weight is 421 g/mol. The van der Waals surface area contributed by atoms with Crippen LogP contribution in [-0.4, -0.2) is 27.6 Å². The summed E-state index contributed by atoms with van der Waals surface area (Å²) in [6.07, 6.45) is 1.50. The van der Waals surface area contributed by atoms with Crippen molar-refractivity contribution in [3.63, 3.8) is 0 Å². The smallest absolute Gasteiger partial charge is 0.262 e. The summed E-state index contributed by atoms with van der Waals surface area (Å²) in [7, 11) is -0.903. The first-order valence-electron chi connectivity index (χ1n) is 8.06. The van der Waals surface area contributed by atoms with Gasteiger partial charge in [-0.25, -0.2) is 13.4 Å². The molecule has 0 aliphatic heterocycles. The Morgan fingerprint density at radius 2 is 1.68 bits per heavy atom. The summed E-state index contributed by atoms with van der Waals surface area (Å²) in [6.45, 7) is 0. The Morgan fingerprint density at radius 1 is 0.964 bits per heavy atom. The van der Waals surface area contributed by atoms with E-state index in [1.807, 2.05) is 0 Å². The summed E-state index contributed by atoms with van der Waals surface area (Å²) in [5, 5.41) is 0.186. The number of pyridine rings is 1. The molecule has 1 aromatic heterocycles. The maximum Gasteiger partial charge on any atom is 0.262 e. The van der Waals surface area contributed by atoms with Gasteiger partial charge < -0.3 is 14.2 Å². The highest BCUT2D eigenvalue weighted by molar-refractivity contribution is 7.92. The van der Waals surface area contributed by atoms with Gasteiger partial charge in [0.2, 0.25) is 5.88 Å². The van der Waals surface area contributed by atoms with Crippen molar-refractivity contribution in [1.82, 2.24) is 4.98 Å². The van der Waals surface area contributed by atoms with E-state index in [0.29, 0.717) is 17.2 Å². The van der Waals surface area contributed by atoms with Gasteiger partial charge in [0.05, 0.1) is 24.1 Å². The molecular weight excluding hydrogens is 404 g/mol. The third-order valence-corrected chi connectivity index (χ3v) is 5.38. The van der Waals surface area contributed by atoms with Gasteiger partial charge in [0, 0.05) is 6.20 Å². The normalized spacial score (nSPS) is 11.0. The molecule has 9 heteroatoms. The summed E-state index contributed by atoms with van der Waals surface area (Å²) in [5.41, 5.74) is 0.185. The van der Waals surface area contributed by atoms with Crippen molar-refractivity contribution >= 4 is 27.3 Å². The quantitative estimate of drug-likeness (QED) is 0.611. The van der Waals surface area contributed by atoms with E-state index in [2.05, 4.69) is 9.71 Å². The fourth-order valence-electron chi connectivity index (χ4n) is 2.32. The maximum absolute atomic E-state index is 12.7. The third kappa shape index (κ3) is 4.47. The molecule has 0 spiro atoms. The fourth-order valence-corrected chi connectivity index (χ4v) is 3.73. The van der Waals surface area contributed by atoms with E-state index in [1.54, 1.807) is 43.5 Å². The Hall–Kier alpha value is -2.97. The molecule has 0 saturated carbocycles. The van der Waals surface area contributed by atoms with Gasteiger partial charge in [-0.3, -0.25) is 4.72 Å². The van der Waals surface area contributed by atoms with Gasteiger partial charge >= 0.3 is 0 Å². The van der Waals surface area contributed by atoms with Gasteiger partial charge in [-0.2, -0.15) is 0 Å². The topological polar surface area (TPSA) is 86.8 Å². The molecule has 0 aliphatic carbocycles. The number of methoxy groups -OCH3 is 2. The first-order valence-corrected chi connectivity index (χ1v) is 9.92. The maximum atomic E-state index is 12.7. The second-order valence-electron chi connectivity index (χ2n) is 5.54. The van der Waals surface area contributed by atoms with Crippen LogP contribution in [-0.2, 0) is 10.0 Å². The first kappa shape index (κ1) is 19.8. The number of ether oxygens (including phenoxy) is 3. The lowest BCUT2D eigenvalue weighted by Gasteiger charge is -2.13. The van der Waals surface area contributed by atoms with Crippen LogP contribution >= 0.6 is 11.6 Å². The van der Waals surface area contributed by atoms with Crippen LogP contribution in [0.4, 0.5) is 5.69 Å². The number of rotatable bonds is 7. The molecule has 0 unspecified atom stereocenters. The van der Waals surface area contributed by atoms with E-state index in [4.69, 9.17) is 25.8 Å². The number of hydrogen-bond donors (Lipinski definition) is 1. The number of nitrogens with one attached hydrogen (secondary N) is 1. The molecule has 2 aromatic carbocycles. The number of anilines is 1. The molecule has 28 heavy (non-hydrogen) atoms. The van der Waals surface area contributed by atoms with E-state index in [1.165, 1.54) is 31.5 Å². The average Bonchev–Trinajstić information content (AvgIpc) is 2.70. The van der Waals surface area contributed by atoms with Gasteiger partial charge in [0.15, 0.2) is 0 Å². The van der Waals surface area contributed by atoms with E-state index >= 15 is 0 Å². The second kappa shape index (κ2) is 8.37. The van der Waals surface area contributed by atoms with Gasteiger partial charge in [-0.05, 0) is 54.6 Å². The van der Waals surface area contributed by atoms with E-state index in [0.717, 1.165) is 0 Å². The zero-order valence-corrected chi connectivity index (χ0v) is 16.6. The lowest BCUT2D eigenvalue weighted by atomic mass is 10.3. The van der Waals surface area contributed by atoms with Crippen molar-refractivity contribution in [2.75, 3.05) is 18.9 Å². The Bertz CT molecular complexity index is 1070. The number of aromatic nitrogens is 1. The van der Waals surface area contributed by atoms with Crippen LogP contribution in [0.5, 0.6) is 23.1 Å². The summed E-state index contributed by atoms with van der Waals surface area (Å²) in [4.78, 5) is 4.10. The van der Waals surface area contributed by atoms with Crippen LogP contribution in [0.15, 0.2) is 65.7 Å². The zero-order valence-electron chi connectivity index (χ0n) is 15.0. The molecule has 0 saturated heterocycles. The molecule has 3 rings (SSSR count). The molecular formula is C19H17ClN2O5S. The molecule has 0 aliphatic rings. The molecule has 7 nitrogen and oxygen atoms in total. The van der Waals surface area contributed by atoms with Crippen LogP contribution in [0.1, 0.15) is 0 Å². The predicted octanol–water partition coefficient (Wildman–Crippen LogP) is 4.35. The SMILES string of the molecule is COc1ccc(Oc2ncccc2NS(=O)(=O)c2ccc(OC)c(Cl)c2)cc1. The van der Waals surface area contributed by atoms with E-state index in [9.17, 15) is 8.42 Å². The molecule has 1 N–H and O–H groups in total. The Morgan fingerprint density at radius 3 is 2.32 bits per heavy atom. The molecule has 0 fully saturated rings. The fraction of sp³-hybridized carbons (Fsp3) is 0.105. The van der Waals surface area contributed by atoms with Gasteiger partial charge in [0.25, 0.3) is 10.0 Å². The standard InChI is InChI=1S/C19H17ClN2O5S/c1-25-13-5-7-14(8-6-13)27-19-17(4-3-11-21-19)22-28(23,24)15-9-10-18(26-2)16(20)12-15/h3-12,22H,1-2H3. The Kier molecular flexibility index (Phi) is 5.91. The number of sulfonamides is 1. The van der Waals surface area contributed by atoms with Crippen molar-refractivity contribution in [3.8, 4) is 23.1 Å². The monoisotopic (exact) mass is 420 g/mol. The Balaban J connectivity index is 1.86. The van der Waals surface area contributed by atoms with Crippen molar-refractivity contribution in [2.45, 2.75) is 4.90 Å². The van der Waals surface area contributed by atoms with Crippen LogP contribution < -0.4 is 18.9 Å². The molecule has 146 valence electrons. The van der Waals surface area contributed by atoms with Gasteiger partial charge in [0.1, 0.15) is 22.9 Å². The molecule has 0 bridgehead atoms. The van der Waals surface area contributed by atoms with Crippen molar-refractivity contribution in [2.24, 2.45) is 0 Å². The lowest BCUT2D eigenvalue weighted by Crippen LogP contribution is -2.14. The summed E-state index contributed by atoms with van der Waals surface area (Å²) < 4.78 is 43.8. The molecule has 0 amide bonds. The summed E-state index contributed by atoms with van der Waals surface area (Å²) in [5.74, 6) is 1.64. The van der Waals surface area contributed by atoms with Crippen LogP contribution in [0, 0.1) is 0 Å². The minimum Gasteiger partial charge on any atom is -0.497 e. The summed E-state index contributed by atoms with van der Waals surface area (Å²) in [6, 6.07) is 14.2. The van der Waals surface area contributed by atoms with Crippen LogP contribution in [0.2, 0.25) is 5.02 Å². The van der Waals surface area contributed by atoms with Gasteiger partial charge in [-0.1, -0.05) is 11.6 Å². The minimum atomic E-state index is -3.92. The molecule has 0 atom stereocenters. The Labute approximate surface area is 167 Å². The van der Waals surface area contributed by atoms with Crippen molar-refractivity contribution in [3.05, 3.63) is 65.8 Å². The van der Waals surface area contributed by atoms with Crippen LogP contribution in [0.25, 0.3) is 0 Å². The largest absolute Gasteiger partial charge is 0.497 e. The molecule has 3 aromatic rings. The van der Waals surface area contributed by atoms with Gasteiger partial charge in [-0.15, -0.1) is 0 Å². The van der Waals surface area contributed by atoms with E-state index in [-0.39, 0.29) is 21.5 Å². The lowest BCUT2D eigenvalue weighted by molar-refractivity contribution is 0.412. The minimum absolute atomic E-state index is 0.0162. The first-order chi connectivity index (χ1) is 13.4. The molecule has 1 heterocycles. The number of hydrogen-bond acceptors (Lipinski definition) is 6. The number of nitrogens with zero attached hydrogens (tertiary/aromatic N) is 1. The van der Waals surface area contributed by atoms with Crippen molar-refractivity contribution in [1.29, 1.82) is 0 Å².